The first-order valence-electron chi connectivity index (χ1n) is 6.44. The fourth-order valence-electron chi connectivity index (χ4n) is 2.20. The van der Waals surface area contributed by atoms with E-state index < -0.39 is 6.10 Å². The number of rotatable bonds is 4. The first kappa shape index (κ1) is 13.8. The number of aliphatic hydroxyl groups is 1. The molecule has 2 unspecified atom stereocenters. The van der Waals surface area contributed by atoms with Crippen LogP contribution in [0.5, 0.6) is 5.75 Å². The van der Waals surface area contributed by atoms with Crippen LogP contribution in [0.1, 0.15) is 37.9 Å². The predicted octanol–water partition coefficient (Wildman–Crippen LogP) is 3.45. The van der Waals surface area contributed by atoms with Gasteiger partial charge in [0, 0.05) is 6.61 Å². The summed E-state index contributed by atoms with van der Waals surface area (Å²) in [7, 11) is 0. The molecule has 0 radical (unpaired) electrons. The van der Waals surface area contributed by atoms with E-state index in [1.165, 1.54) is 0 Å². The maximum absolute atomic E-state index is 10.3. The number of ether oxygens (including phenoxy) is 2. The lowest BCUT2D eigenvalue weighted by molar-refractivity contribution is -0.0633. The summed E-state index contributed by atoms with van der Waals surface area (Å²) in [5.74, 6) is 0.804. The van der Waals surface area contributed by atoms with E-state index in [2.05, 4.69) is 15.9 Å². The van der Waals surface area contributed by atoms with Crippen LogP contribution in [0.4, 0.5) is 0 Å². The zero-order valence-electron chi connectivity index (χ0n) is 10.6. The van der Waals surface area contributed by atoms with Crippen LogP contribution in [0.25, 0.3) is 0 Å². The molecular formula is C14H19BrO3. The van der Waals surface area contributed by atoms with E-state index in [4.69, 9.17) is 9.47 Å². The van der Waals surface area contributed by atoms with Crippen LogP contribution >= 0.6 is 15.9 Å². The molecule has 0 spiro atoms. The van der Waals surface area contributed by atoms with E-state index in [1.807, 2.05) is 25.1 Å². The molecule has 1 aliphatic heterocycles. The Bertz CT molecular complexity index is 389. The third-order valence-electron chi connectivity index (χ3n) is 3.16. The van der Waals surface area contributed by atoms with Gasteiger partial charge in [-0.3, -0.25) is 0 Å². The van der Waals surface area contributed by atoms with Gasteiger partial charge in [-0.15, -0.1) is 0 Å². The average molecular weight is 315 g/mol. The van der Waals surface area contributed by atoms with E-state index in [-0.39, 0.29) is 6.10 Å². The van der Waals surface area contributed by atoms with Crippen LogP contribution in [0.3, 0.4) is 0 Å². The molecule has 1 heterocycles. The number of hydrogen-bond donors (Lipinski definition) is 1. The maximum Gasteiger partial charge on any atom is 0.133 e. The van der Waals surface area contributed by atoms with E-state index >= 15 is 0 Å². The number of hydrogen-bond acceptors (Lipinski definition) is 3. The Hall–Kier alpha value is -0.580. The van der Waals surface area contributed by atoms with Gasteiger partial charge in [0.05, 0.1) is 17.2 Å². The summed E-state index contributed by atoms with van der Waals surface area (Å²) < 4.78 is 11.9. The molecule has 0 aromatic heterocycles. The molecule has 4 heteroatoms. The van der Waals surface area contributed by atoms with Crippen molar-refractivity contribution in [3.63, 3.8) is 0 Å². The molecular weight excluding hydrogens is 296 g/mol. The topological polar surface area (TPSA) is 38.7 Å². The summed E-state index contributed by atoms with van der Waals surface area (Å²) in [6.45, 7) is 3.33. The van der Waals surface area contributed by atoms with E-state index in [1.54, 1.807) is 0 Å². The van der Waals surface area contributed by atoms with Crippen molar-refractivity contribution in [2.24, 2.45) is 0 Å². The molecule has 0 bridgehead atoms. The quantitative estimate of drug-likeness (QED) is 0.925. The van der Waals surface area contributed by atoms with Gasteiger partial charge in [-0.1, -0.05) is 6.07 Å². The van der Waals surface area contributed by atoms with Gasteiger partial charge >= 0.3 is 0 Å². The van der Waals surface area contributed by atoms with Crippen LogP contribution in [0, 0.1) is 0 Å². The van der Waals surface area contributed by atoms with Crippen molar-refractivity contribution in [3.05, 3.63) is 28.2 Å². The van der Waals surface area contributed by atoms with Gasteiger partial charge in [-0.2, -0.15) is 0 Å². The Morgan fingerprint density at radius 2 is 2.33 bits per heavy atom. The summed E-state index contributed by atoms with van der Waals surface area (Å²) in [5.41, 5.74) is 0.872. The summed E-state index contributed by atoms with van der Waals surface area (Å²) in [5, 5.41) is 10.3. The third kappa shape index (κ3) is 3.25. The highest BCUT2D eigenvalue weighted by atomic mass is 79.9. The lowest BCUT2D eigenvalue weighted by Crippen LogP contribution is -2.26. The minimum atomic E-state index is -0.558. The summed E-state index contributed by atoms with van der Waals surface area (Å²) >= 11 is 3.46. The number of halogens is 1. The van der Waals surface area contributed by atoms with Gasteiger partial charge < -0.3 is 14.6 Å². The lowest BCUT2D eigenvalue weighted by Gasteiger charge is -2.27. The highest BCUT2D eigenvalue weighted by molar-refractivity contribution is 9.10. The summed E-state index contributed by atoms with van der Waals surface area (Å²) in [4.78, 5) is 0. The highest BCUT2D eigenvalue weighted by Gasteiger charge is 2.24. The van der Waals surface area contributed by atoms with Crippen LogP contribution < -0.4 is 4.74 Å². The van der Waals surface area contributed by atoms with Crippen molar-refractivity contribution < 1.29 is 14.6 Å². The third-order valence-corrected chi connectivity index (χ3v) is 3.78. The van der Waals surface area contributed by atoms with Gasteiger partial charge in [0.15, 0.2) is 0 Å². The number of aliphatic hydroxyl groups excluding tert-OH is 1. The molecule has 0 saturated carbocycles. The van der Waals surface area contributed by atoms with Gasteiger partial charge in [0.25, 0.3) is 0 Å². The van der Waals surface area contributed by atoms with Crippen molar-refractivity contribution in [1.82, 2.24) is 0 Å². The molecule has 2 rings (SSSR count). The minimum Gasteiger partial charge on any atom is -0.493 e. The monoisotopic (exact) mass is 314 g/mol. The van der Waals surface area contributed by atoms with Crippen molar-refractivity contribution in [2.75, 3.05) is 13.2 Å². The van der Waals surface area contributed by atoms with Gasteiger partial charge in [-0.25, -0.2) is 0 Å². The van der Waals surface area contributed by atoms with E-state index in [0.29, 0.717) is 6.61 Å². The Kier molecular flexibility index (Phi) is 5.03. The second-order valence-electron chi connectivity index (χ2n) is 4.47. The largest absolute Gasteiger partial charge is 0.493 e. The first-order valence-corrected chi connectivity index (χ1v) is 7.23. The smallest absolute Gasteiger partial charge is 0.133 e. The van der Waals surface area contributed by atoms with Gasteiger partial charge in [-0.05, 0) is 59.8 Å². The molecule has 1 N–H and O–H groups in total. The van der Waals surface area contributed by atoms with Crippen molar-refractivity contribution in [1.29, 1.82) is 0 Å². The SMILES string of the molecule is CCOc1ccc(C(O)C2CCCCO2)cc1Br. The Labute approximate surface area is 116 Å². The van der Waals surface area contributed by atoms with Crippen molar-refractivity contribution in [3.8, 4) is 5.75 Å². The Morgan fingerprint density at radius 3 is 2.94 bits per heavy atom. The van der Waals surface area contributed by atoms with E-state index in [9.17, 15) is 5.11 Å². The standard InChI is InChI=1S/C14H19BrO3/c1-2-17-12-7-6-10(9-11(12)15)14(16)13-5-3-4-8-18-13/h6-7,9,13-14,16H,2-5,8H2,1H3. The average Bonchev–Trinajstić information content (AvgIpc) is 2.41. The second kappa shape index (κ2) is 6.55. The zero-order chi connectivity index (χ0) is 13.0. The van der Waals surface area contributed by atoms with Crippen molar-refractivity contribution >= 4 is 15.9 Å². The molecule has 1 fully saturated rings. The molecule has 2 atom stereocenters. The van der Waals surface area contributed by atoms with Crippen molar-refractivity contribution in [2.45, 2.75) is 38.4 Å². The molecule has 100 valence electrons. The maximum atomic E-state index is 10.3. The molecule has 0 aliphatic carbocycles. The first-order chi connectivity index (χ1) is 8.72. The van der Waals surface area contributed by atoms with Crippen LogP contribution in [-0.4, -0.2) is 24.4 Å². The Balaban J connectivity index is 2.10. The Morgan fingerprint density at radius 1 is 1.50 bits per heavy atom. The summed E-state index contributed by atoms with van der Waals surface area (Å²) in [6.07, 6.45) is 2.50. The minimum absolute atomic E-state index is 0.0800. The summed E-state index contributed by atoms with van der Waals surface area (Å²) in [6, 6.07) is 5.70. The molecule has 0 amide bonds. The van der Waals surface area contributed by atoms with Crippen LogP contribution in [0.2, 0.25) is 0 Å². The second-order valence-corrected chi connectivity index (χ2v) is 5.33. The number of benzene rings is 1. The zero-order valence-corrected chi connectivity index (χ0v) is 12.1. The van der Waals surface area contributed by atoms with E-state index in [0.717, 1.165) is 41.7 Å². The van der Waals surface area contributed by atoms with Gasteiger partial charge in [0.2, 0.25) is 0 Å². The van der Waals surface area contributed by atoms with Crippen LogP contribution in [0.15, 0.2) is 22.7 Å². The predicted molar refractivity (Wildman–Crippen MR) is 73.9 cm³/mol. The van der Waals surface area contributed by atoms with Gasteiger partial charge in [0.1, 0.15) is 11.9 Å². The normalized spacial score (nSPS) is 21.6. The molecule has 18 heavy (non-hydrogen) atoms. The lowest BCUT2D eigenvalue weighted by atomic mass is 9.98. The fourth-order valence-corrected chi connectivity index (χ4v) is 2.71. The van der Waals surface area contributed by atoms with Crippen LogP contribution in [-0.2, 0) is 4.74 Å². The molecule has 1 aromatic carbocycles. The molecule has 1 saturated heterocycles. The molecule has 3 nitrogen and oxygen atoms in total. The molecule has 1 aromatic rings. The fraction of sp³-hybridized carbons (Fsp3) is 0.571. The molecule has 1 aliphatic rings. The highest BCUT2D eigenvalue weighted by Crippen LogP contribution is 2.32.